The van der Waals surface area contributed by atoms with E-state index < -0.39 is 17.3 Å². The molecule has 3 rings (SSSR count). The van der Waals surface area contributed by atoms with Gasteiger partial charge < -0.3 is 5.11 Å². The largest absolute Gasteiger partial charge is 0.481 e. The van der Waals surface area contributed by atoms with Crippen LogP contribution >= 0.6 is 0 Å². The molecule has 0 heterocycles. The molecule has 0 radical (unpaired) electrons. The number of carboxylic acid groups (broad SMARTS) is 1. The van der Waals surface area contributed by atoms with Gasteiger partial charge in [-0.25, -0.2) is 0 Å². The highest BCUT2D eigenvalue weighted by atomic mass is 16.4. The van der Waals surface area contributed by atoms with Crippen molar-refractivity contribution in [2.24, 2.45) is 17.3 Å². The zero-order valence-corrected chi connectivity index (χ0v) is 21.7. The molecule has 0 saturated heterocycles. The van der Waals surface area contributed by atoms with E-state index in [-0.39, 0.29) is 11.3 Å². The van der Waals surface area contributed by atoms with Gasteiger partial charge in [-0.1, -0.05) is 91.3 Å². The Bertz CT molecular complexity index is 841. The molecule has 0 amide bonds. The average molecular weight is 455 g/mol. The Balaban J connectivity index is 1.81. The molecular formula is C30H46O3. The number of rotatable bonds is 11. The summed E-state index contributed by atoms with van der Waals surface area (Å²) >= 11 is 0. The topological polar surface area (TPSA) is 54.4 Å². The first-order chi connectivity index (χ1) is 15.6. The van der Waals surface area contributed by atoms with Gasteiger partial charge in [0.2, 0.25) is 0 Å². The quantitative estimate of drug-likeness (QED) is 0.346. The highest BCUT2D eigenvalue weighted by molar-refractivity contribution is 5.86. The van der Waals surface area contributed by atoms with E-state index in [0.29, 0.717) is 31.0 Å². The second-order valence-corrected chi connectivity index (χ2v) is 11.7. The van der Waals surface area contributed by atoms with E-state index in [2.05, 4.69) is 52.8 Å². The number of benzene rings is 1. The third-order valence-electron chi connectivity index (χ3n) is 8.99. The molecule has 3 nitrogen and oxygen atoms in total. The second-order valence-electron chi connectivity index (χ2n) is 11.7. The van der Waals surface area contributed by atoms with Crippen molar-refractivity contribution in [2.45, 2.75) is 123 Å². The van der Waals surface area contributed by atoms with Gasteiger partial charge in [-0.05, 0) is 66.0 Å². The molecule has 1 N–H and O–H groups in total. The van der Waals surface area contributed by atoms with E-state index in [9.17, 15) is 14.7 Å². The molecule has 33 heavy (non-hydrogen) atoms. The van der Waals surface area contributed by atoms with Crippen molar-refractivity contribution in [3.63, 3.8) is 0 Å². The van der Waals surface area contributed by atoms with E-state index in [1.165, 1.54) is 48.8 Å². The molecule has 0 spiro atoms. The van der Waals surface area contributed by atoms with Gasteiger partial charge in [0.1, 0.15) is 5.78 Å². The number of carbonyl (C=O) groups is 2. The molecule has 1 saturated carbocycles. The van der Waals surface area contributed by atoms with Gasteiger partial charge in [0.25, 0.3) is 0 Å². The first-order valence-electron chi connectivity index (χ1n) is 13.5. The average Bonchev–Trinajstić information content (AvgIpc) is 2.77. The number of unbranched alkanes of at least 4 members (excludes halogenated alkanes) is 6. The third kappa shape index (κ3) is 5.38. The highest BCUT2D eigenvalue weighted by Gasteiger charge is 2.58. The van der Waals surface area contributed by atoms with Crippen molar-refractivity contribution in [2.75, 3.05) is 0 Å². The number of Topliss-reactive ketones (excluding diaryl/α,β-unsaturated/α-hetero) is 1. The fourth-order valence-electron chi connectivity index (χ4n) is 7.07. The molecule has 0 aliphatic heterocycles. The summed E-state index contributed by atoms with van der Waals surface area (Å²) in [6.07, 6.45) is 12.1. The fraction of sp³-hybridized carbons (Fsp3) is 0.733. The SMILES string of the molecule is CCCCCCCCCC(=O)[C@]1(C)C[C@@H](C(=O)O)C[C@]2(C)c3ccc(C(C)C)cc3CCC12. The van der Waals surface area contributed by atoms with Crippen LogP contribution in [-0.4, -0.2) is 16.9 Å². The van der Waals surface area contributed by atoms with Crippen LogP contribution in [0.15, 0.2) is 18.2 Å². The van der Waals surface area contributed by atoms with Gasteiger partial charge in [0, 0.05) is 11.8 Å². The minimum Gasteiger partial charge on any atom is -0.481 e. The van der Waals surface area contributed by atoms with E-state index in [4.69, 9.17) is 0 Å². The Morgan fingerprint density at radius 1 is 1.03 bits per heavy atom. The number of fused-ring (bicyclic) bond motifs is 3. The maximum Gasteiger partial charge on any atom is 0.306 e. The van der Waals surface area contributed by atoms with Crippen molar-refractivity contribution < 1.29 is 14.7 Å². The molecule has 2 aliphatic carbocycles. The maximum atomic E-state index is 13.7. The van der Waals surface area contributed by atoms with E-state index in [1.54, 1.807) is 0 Å². The maximum absolute atomic E-state index is 13.7. The molecule has 0 bridgehead atoms. The number of hydrogen-bond donors (Lipinski definition) is 1. The minimum atomic E-state index is -0.740. The number of aryl methyl sites for hydroxylation is 1. The standard InChI is InChI=1S/C30H46O3/c1-6-7-8-9-10-11-12-13-27(31)30(5)20-24(28(32)33)19-29(4)25-16-14-22(21(2)3)18-23(25)15-17-26(29)30/h14,16,18,21,24,26H,6-13,15,17,19-20H2,1-5H3,(H,32,33)/t24-,26?,29+,30+/m0/s1. The van der Waals surface area contributed by atoms with Crippen LogP contribution in [0, 0.1) is 17.3 Å². The normalized spacial score (nSPS) is 28.9. The Morgan fingerprint density at radius 3 is 2.33 bits per heavy atom. The first kappa shape index (κ1) is 26.0. The zero-order chi connectivity index (χ0) is 24.2. The van der Waals surface area contributed by atoms with Gasteiger partial charge >= 0.3 is 5.97 Å². The molecular weight excluding hydrogens is 408 g/mol. The van der Waals surface area contributed by atoms with Gasteiger partial charge in [-0.15, -0.1) is 0 Å². The summed E-state index contributed by atoms with van der Waals surface area (Å²) in [4.78, 5) is 25.9. The monoisotopic (exact) mass is 454 g/mol. The third-order valence-corrected chi connectivity index (χ3v) is 8.99. The van der Waals surface area contributed by atoms with E-state index >= 15 is 0 Å². The Labute approximate surface area is 201 Å². The van der Waals surface area contributed by atoms with Gasteiger partial charge in [0.05, 0.1) is 5.92 Å². The predicted molar refractivity (Wildman–Crippen MR) is 136 cm³/mol. The lowest BCUT2D eigenvalue weighted by Gasteiger charge is -2.56. The van der Waals surface area contributed by atoms with Crippen molar-refractivity contribution in [3.8, 4) is 0 Å². The van der Waals surface area contributed by atoms with Crippen LogP contribution in [0.4, 0.5) is 0 Å². The van der Waals surface area contributed by atoms with Crippen LogP contribution in [-0.2, 0) is 21.4 Å². The molecule has 1 aromatic carbocycles. The second kappa shape index (κ2) is 10.7. The van der Waals surface area contributed by atoms with Crippen LogP contribution in [0.1, 0.15) is 128 Å². The summed E-state index contributed by atoms with van der Waals surface area (Å²) in [5.74, 6) is -0.191. The summed E-state index contributed by atoms with van der Waals surface area (Å²) in [6, 6.07) is 6.81. The number of aliphatic carboxylic acids is 1. The summed E-state index contributed by atoms with van der Waals surface area (Å²) in [7, 11) is 0. The zero-order valence-electron chi connectivity index (χ0n) is 21.7. The first-order valence-corrected chi connectivity index (χ1v) is 13.5. The number of carbonyl (C=O) groups excluding carboxylic acids is 1. The molecule has 1 aromatic rings. The Morgan fingerprint density at radius 2 is 1.70 bits per heavy atom. The van der Waals surface area contributed by atoms with Crippen molar-refractivity contribution in [1.29, 1.82) is 0 Å². The van der Waals surface area contributed by atoms with Crippen LogP contribution in [0.3, 0.4) is 0 Å². The predicted octanol–water partition coefficient (Wildman–Crippen LogP) is 7.84. The summed E-state index contributed by atoms with van der Waals surface area (Å²) in [5, 5.41) is 10.0. The van der Waals surface area contributed by atoms with Crippen LogP contribution in [0.25, 0.3) is 0 Å². The molecule has 0 aromatic heterocycles. The van der Waals surface area contributed by atoms with Crippen molar-refractivity contribution in [3.05, 3.63) is 34.9 Å². The summed E-state index contributed by atoms with van der Waals surface area (Å²) in [5.41, 5.74) is 3.21. The minimum absolute atomic E-state index is 0.218. The molecule has 4 atom stereocenters. The van der Waals surface area contributed by atoms with Gasteiger partial charge in [-0.3, -0.25) is 9.59 Å². The highest BCUT2D eigenvalue weighted by Crippen LogP contribution is 2.59. The fourth-order valence-corrected chi connectivity index (χ4v) is 7.07. The molecule has 1 fully saturated rings. The molecule has 2 aliphatic rings. The lowest BCUT2D eigenvalue weighted by atomic mass is 9.46. The van der Waals surface area contributed by atoms with E-state index in [1.807, 2.05) is 0 Å². The van der Waals surface area contributed by atoms with Crippen LogP contribution in [0.2, 0.25) is 0 Å². The number of carboxylic acids is 1. The molecule has 184 valence electrons. The smallest absolute Gasteiger partial charge is 0.306 e. The molecule has 3 heteroatoms. The molecule has 1 unspecified atom stereocenters. The van der Waals surface area contributed by atoms with Crippen molar-refractivity contribution in [1.82, 2.24) is 0 Å². The Kier molecular flexibility index (Phi) is 8.45. The summed E-state index contributed by atoms with van der Waals surface area (Å²) < 4.78 is 0. The lowest BCUT2D eigenvalue weighted by molar-refractivity contribution is -0.152. The van der Waals surface area contributed by atoms with Crippen LogP contribution in [0.5, 0.6) is 0 Å². The number of hydrogen-bond acceptors (Lipinski definition) is 2. The van der Waals surface area contributed by atoms with Gasteiger partial charge in [0.15, 0.2) is 0 Å². The van der Waals surface area contributed by atoms with Crippen molar-refractivity contribution >= 4 is 11.8 Å². The van der Waals surface area contributed by atoms with Crippen LogP contribution < -0.4 is 0 Å². The van der Waals surface area contributed by atoms with Gasteiger partial charge in [-0.2, -0.15) is 0 Å². The van der Waals surface area contributed by atoms with E-state index in [0.717, 1.165) is 25.7 Å². The Hall–Kier alpha value is -1.64. The number of ketones is 1. The summed E-state index contributed by atoms with van der Waals surface area (Å²) in [6.45, 7) is 11.0. The lowest BCUT2D eigenvalue weighted by Crippen LogP contribution is -2.55.